The minimum atomic E-state index is -0.551. The molecule has 0 aromatic rings. The fraction of sp³-hybridized carbons (Fsp3) is 0.857. The first-order valence-corrected chi connectivity index (χ1v) is 6.92. The van der Waals surface area contributed by atoms with Gasteiger partial charge in [-0.25, -0.2) is 0 Å². The summed E-state index contributed by atoms with van der Waals surface area (Å²) in [6.45, 7) is 8.08. The van der Waals surface area contributed by atoms with Gasteiger partial charge in [0.15, 0.2) is 0 Å². The Kier molecular flexibility index (Phi) is 7.68. The van der Waals surface area contributed by atoms with Crippen molar-refractivity contribution in [1.29, 1.82) is 0 Å². The van der Waals surface area contributed by atoms with Crippen molar-refractivity contribution in [2.45, 2.75) is 52.6 Å². The third kappa shape index (κ3) is 7.15. The summed E-state index contributed by atoms with van der Waals surface area (Å²) in [5.41, 5.74) is 5.84. The first-order valence-electron chi connectivity index (χ1n) is 6.92. The highest BCUT2D eigenvalue weighted by molar-refractivity contribution is 5.89. The standard InChI is InChI=1S/C14H29N3O2/c1-9(2)7-11(15)13(18)16-12(8-10(3)4)14(19)17(5)6/h9-12H,7-8,15H2,1-6H3,(H,16,18)/t11-,12?/m1/s1. The second-order valence-corrected chi connectivity index (χ2v) is 6.16. The smallest absolute Gasteiger partial charge is 0.244 e. The number of carbonyl (C=O) groups is 2. The summed E-state index contributed by atoms with van der Waals surface area (Å²) in [6.07, 6.45) is 1.24. The number of nitrogens with zero attached hydrogens (tertiary/aromatic N) is 1. The van der Waals surface area contributed by atoms with E-state index in [-0.39, 0.29) is 11.8 Å². The number of hydrogen-bond donors (Lipinski definition) is 2. The molecule has 19 heavy (non-hydrogen) atoms. The Balaban J connectivity index is 4.63. The Morgan fingerprint density at radius 3 is 1.89 bits per heavy atom. The summed E-state index contributed by atoms with van der Waals surface area (Å²) >= 11 is 0. The quantitative estimate of drug-likeness (QED) is 0.724. The van der Waals surface area contributed by atoms with Crippen LogP contribution in [0.5, 0.6) is 0 Å². The number of amides is 2. The number of carbonyl (C=O) groups excluding carboxylic acids is 2. The van der Waals surface area contributed by atoms with Crippen LogP contribution in [-0.2, 0) is 9.59 Å². The van der Waals surface area contributed by atoms with Gasteiger partial charge in [0.25, 0.3) is 0 Å². The molecule has 0 bridgehead atoms. The molecule has 3 N–H and O–H groups in total. The molecule has 0 saturated carbocycles. The lowest BCUT2D eigenvalue weighted by molar-refractivity contribution is -0.135. The Bertz CT molecular complexity index is 301. The van der Waals surface area contributed by atoms with Gasteiger partial charge in [0, 0.05) is 14.1 Å². The molecule has 112 valence electrons. The predicted molar refractivity (Wildman–Crippen MR) is 77.5 cm³/mol. The molecule has 0 aromatic carbocycles. The number of nitrogens with one attached hydrogen (secondary N) is 1. The Labute approximate surface area is 116 Å². The van der Waals surface area contributed by atoms with Crippen LogP contribution < -0.4 is 11.1 Å². The highest BCUT2D eigenvalue weighted by Gasteiger charge is 2.25. The molecule has 2 atom stereocenters. The summed E-state index contributed by atoms with van der Waals surface area (Å²) in [6, 6.07) is -1.04. The third-order valence-electron chi connectivity index (χ3n) is 2.82. The molecule has 0 saturated heterocycles. The minimum Gasteiger partial charge on any atom is -0.347 e. The van der Waals surface area contributed by atoms with Crippen LogP contribution in [0.2, 0.25) is 0 Å². The van der Waals surface area contributed by atoms with Gasteiger partial charge in [0.2, 0.25) is 11.8 Å². The second-order valence-electron chi connectivity index (χ2n) is 6.16. The van der Waals surface area contributed by atoms with Gasteiger partial charge in [-0.1, -0.05) is 27.7 Å². The third-order valence-corrected chi connectivity index (χ3v) is 2.82. The van der Waals surface area contributed by atoms with Gasteiger partial charge in [0.1, 0.15) is 6.04 Å². The zero-order valence-electron chi connectivity index (χ0n) is 13.1. The van der Waals surface area contributed by atoms with Gasteiger partial charge in [-0.3, -0.25) is 9.59 Å². The fourth-order valence-electron chi connectivity index (χ4n) is 1.90. The topological polar surface area (TPSA) is 75.4 Å². The summed E-state index contributed by atoms with van der Waals surface area (Å²) < 4.78 is 0. The zero-order valence-corrected chi connectivity index (χ0v) is 13.1. The fourth-order valence-corrected chi connectivity index (χ4v) is 1.90. The van der Waals surface area contributed by atoms with Crippen LogP contribution in [0.3, 0.4) is 0 Å². The van der Waals surface area contributed by atoms with Crippen molar-refractivity contribution >= 4 is 11.8 Å². The van der Waals surface area contributed by atoms with Crippen LogP contribution >= 0.6 is 0 Å². The van der Waals surface area contributed by atoms with E-state index in [4.69, 9.17) is 5.73 Å². The molecule has 0 fully saturated rings. The van der Waals surface area contributed by atoms with E-state index in [1.54, 1.807) is 14.1 Å². The van der Waals surface area contributed by atoms with Crippen LogP contribution in [0.25, 0.3) is 0 Å². The molecule has 2 amide bonds. The molecule has 0 aliphatic carbocycles. The maximum absolute atomic E-state index is 12.0. The number of likely N-dealkylation sites (N-methyl/N-ethyl adjacent to an activating group) is 1. The summed E-state index contributed by atoms with van der Waals surface area (Å²) in [7, 11) is 3.38. The molecular formula is C14H29N3O2. The first-order chi connectivity index (χ1) is 8.65. The number of hydrogen-bond acceptors (Lipinski definition) is 3. The summed E-state index contributed by atoms with van der Waals surface area (Å²) in [5.74, 6) is 0.359. The molecule has 0 heterocycles. The van der Waals surface area contributed by atoms with E-state index >= 15 is 0 Å². The van der Waals surface area contributed by atoms with Gasteiger partial charge in [-0.2, -0.15) is 0 Å². The molecule has 5 heteroatoms. The molecular weight excluding hydrogens is 242 g/mol. The van der Waals surface area contributed by atoms with E-state index in [0.29, 0.717) is 24.7 Å². The lowest BCUT2D eigenvalue weighted by atomic mass is 10.0. The zero-order chi connectivity index (χ0) is 15.2. The average Bonchev–Trinajstić information content (AvgIpc) is 2.25. The SMILES string of the molecule is CC(C)CC(NC(=O)[C@H](N)CC(C)C)C(=O)N(C)C. The molecule has 0 radical (unpaired) electrons. The van der Waals surface area contributed by atoms with Gasteiger partial charge in [-0.15, -0.1) is 0 Å². The molecule has 0 rings (SSSR count). The average molecular weight is 271 g/mol. The Morgan fingerprint density at radius 1 is 1.05 bits per heavy atom. The summed E-state index contributed by atoms with van der Waals surface area (Å²) in [4.78, 5) is 25.5. The minimum absolute atomic E-state index is 0.0844. The van der Waals surface area contributed by atoms with Crippen molar-refractivity contribution in [3.63, 3.8) is 0 Å². The van der Waals surface area contributed by atoms with Crippen LogP contribution in [0.4, 0.5) is 0 Å². The van der Waals surface area contributed by atoms with Crippen molar-refractivity contribution in [2.75, 3.05) is 14.1 Å². The Morgan fingerprint density at radius 2 is 1.53 bits per heavy atom. The van der Waals surface area contributed by atoms with Crippen molar-refractivity contribution in [3.8, 4) is 0 Å². The summed E-state index contributed by atoms with van der Waals surface area (Å²) in [5, 5.41) is 2.78. The largest absolute Gasteiger partial charge is 0.347 e. The van der Waals surface area contributed by atoms with Gasteiger partial charge in [0.05, 0.1) is 6.04 Å². The molecule has 0 aromatic heterocycles. The van der Waals surface area contributed by atoms with E-state index in [0.717, 1.165) is 0 Å². The van der Waals surface area contributed by atoms with E-state index in [2.05, 4.69) is 5.32 Å². The molecule has 0 aliphatic rings. The van der Waals surface area contributed by atoms with Crippen molar-refractivity contribution < 1.29 is 9.59 Å². The predicted octanol–water partition coefficient (Wildman–Crippen LogP) is 0.979. The lowest BCUT2D eigenvalue weighted by Crippen LogP contribution is -2.52. The molecule has 0 aliphatic heterocycles. The van der Waals surface area contributed by atoms with E-state index < -0.39 is 12.1 Å². The number of rotatable bonds is 7. The maximum atomic E-state index is 12.0. The highest BCUT2D eigenvalue weighted by atomic mass is 16.2. The van der Waals surface area contributed by atoms with Gasteiger partial charge in [-0.05, 0) is 24.7 Å². The molecule has 1 unspecified atom stereocenters. The van der Waals surface area contributed by atoms with Crippen molar-refractivity contribution in [3.05, 3.63) is 0 Å². The van der Waals surface area contributed by atoms with Gasteiger partial charge < -0.3 is 16.0 Å². The van der Waals surface area contributed by atoms with Crippen LogP contribution in [0.15, 0.2) is 0 Å². The highest BCUT2D eigenvalue weighted by Crippen LogP contribution is 2.08. The number of nitrogens with two attached hydrogens (primary N) is 1. The monoisotopic (exact) mass is 271 g/mol. The van der Waals surface area contributed by atoms with E-state index in [9.17, 15) is 9.59 Å². The lowest BCUT2D eigenvalue weighted by Gasteiger charge is -2.25. The van der Waals surface area contributed by atoms with E-state index in [1.165, 1.54) is 4.90 Å². The van der Waals surface area contributed by atoms with Crippen LogP contribution in [0.1, 0.15) is 40.5 Å². The van der Waals surface area contributed by atoms with E-state index in [1.807, 2.05) is 27.7 Å². The van der Waals surface area contributed by atoms with Crippen molar-refractivity contribution in [2.24, 2.45) is 17.6 Å². The first kappa shape index (κ1) is 17.9. The van der Waals surface area contributed by atoms with Crippen LogP contribution in [0, 0.1) is 11.8 Å². The Hall–Kier alpha value is -1.10. The normalized spacial score (nSPS) is 14.4. The van der Waals surface area contributed by atoms with Crippen molar-refractivity contribution in [1.82, 2.24) is 10.2 Å². The van der Waals surface area contributed by atoms with Gasteiger partial charge >= 0.3 is 0 Å². The molecule has 5 nitrogen and oxygen atoms in total. The second kappa shape index (κ2) is 8.15. The van der Waals surface area contributed by atoms with Crippen LogP contribution in [-0.4, -0.2) is 42.9 Å². The maximum Gasteiger partial charge on any atom is 0.244 e. The molecule has 0 spiro atoms.